The summed E-state index contributed by atoms with van der Waals surface area (Å²) in [5.41, 5.74) is 3.33. The highest BCUT2D eigenvalue weighted by Crippen LogP contribution is 2.28. The molecule has 0 saturated heterocycles. The number of carbonyl (C=O) groups excluding carboxylic acids is 2. The molecule has 0 spiro atoms. The normalized spacial score (nSPS) is 19.7. The van der Waals surface area contributed by atoms with Gasteiger partial charge in [0.25, 0.3) is 5.78 Å². The van der Waals surface area contributed by atoms with E-state index in [1.54, 1.807) is 0 Å². The van der Waals surface area contributed by atoms with Crippen LogP contribution < -0.4 is 9.80 Å². The lowest BCUT2D eigenvalue weighted by atomic mass is 10.0. The van der Waals surface area contributed by atoms with Crippen molar-refractivity contribution in [3.63, 3.8) is 0 Å². The number of anilines is 1. The Kier molecular flexibility index (Phi) is 3.23. The molecule has 116 valence electrons. The van der Waals surface area contributed by atoms with Crippen LogP contribution in [0.3, 0.4) is 0 Å². The minimum absolute atomic E-state index is 0.173. The van der Waals surface area contributed by atoms with Gasteiger partial charge in [0.05, 0.1) is 17.8 Å². The molecular formula is C18H16FN2O2+. The maximum absolute atomic E-state index is 13.3. The van der Waals surface area contributed by atoms with Gasteiger partial charge in [-0.1, -0.05) is 24.3 Å². The van der Waals surface area contributed by atoms with Crippen molar-refractivity contribution < 1.29 is 18.9 Å². The molecule has 1 amide bonds. The van der Waals surface area contributed by atoms with Gasteiger partial charge >= 0.3 is 5.91 Å². The van der Waals surface area contributed by atoms with E-state index in [0.717, 1.165) is 25.6 Å². The summed E-state index contributed by atoms with van der Waals surface area (Å²) in [5.74, 6) is -1.67. The summed E-state index contributed by atoms with van der Waals surface area (Å²) in [6.07, 6.45) is 0.956. The quantitative estimate of drug-likeness (QED) is 0.839. The van der Waals surface area contributed by atoms with Crippen LogP contribution in [0.4, 0.5) is 10.1 Å². The third-order valence-electron chi connectivity index (χ3n) is 4.62. The van der Waals surface area contributed by atoms with Crippen LogP contribution >= 0.6 is 0 Å². The van der Waals surface area contributed by atoms with Crippen molar-refractivity contribution in [1.82, 2.24) is 0 Å². The zero-order chi connectivity index (χ0) is 16.0. The Balaban J connectivity index is 1.59. The Bertz CT molecular complexity index is 818. The largest absolute Gasteiger partial charge is 0.313 e. The molecule has 4 rings (SSSR count). The van der Waals surface area contributed by atoms with Crippen molar-refractivity contribution in [3.8, 4) is 0 Å². The van der Waals surface area contributed by atoms with Gasteiger partial charge in [-0.05, 0) is 23.8 Å². The van der Waals surface area contributed by atoms with E-state index >= 15 is 0 Å². The predicted molar refractivity (Wildman–Crippen MR) is 82.8 cm³/mol. The summed E-state index contributed by atoms with van der Waals surface area (Å²) >= 11 is 0. The molecule has 2 aromatic rings. The molecule has 2 aromatic carbocycles. The Hall–Kier alpha value is -2.53. The first kappa shape index (κ1) is 14.1. The Morgan fingerprint density at radius 3 is 2.70 bits per heavy atom. The average Bonchev–Trinajstić information content (AvgIpc) is 2.79. The van der Waals surface area contributed by atoms with Gasteiger partial charge in [0.15, 0.2) is 6.67 Å². The average molecular weight is 311 g/mol. The summed E-state index contributed by atoms with van der Waals surface area (Å²) in [6, 6.07) is 12.3. The number of carbonyl (C=O) groups is 2. The fourth-order valence-electron chi connectivity index (χ4n) is 3.43. The fourth-order valence-corrected chi connectivity index (χ4v) is 3.43. The SMILES string of the molecule is O=C1C(=O)N(C[NH+]2CCc3ccccc3C2)c2ccc(F)cc21. The molecule has 0 saturated carbocycles. The number of halogens is 1. The van der Waals surface area contributed by atoms with Crippen molar-refractivity contribution in [2.24, 2.45) is 0 Å². The van der Waals surface area contributed by atoms with Crippen molar-refractivity contribution in [3.05, 3.63) is 65.0 Å². The highest BCUT2D eigenvalue weighted by molar-refractivity contribution is 6.52. The predicted octanol–water partition coefficient (Wildman–Crippen LogP) is 0.954. The Labute approximate surface area is 133 Å². The minimum atomic E-state index is -0.615. The van der Waals surface area contributed by atoms with Gasteiger partial charge in [-0.15, -0.1) is 0 Å². The van der Waals surface area contributed by atoms with E-state index in [1.165, 1.54) is 33.1 Å². The van der Waals surface area contributed by atoms with Crippen LogP contribution in [0.15, 0.2) is 42.5 Å². The van der Waals surface area contributed by atoms with Gasteiger partial charge in [0.1, 0.15) is 12.4 Å². The highest BCUT2D eigenvalue weighted by atomic mass is 19.1. The van der Waals surface area contributed by atoms with Crippen LogP contribution in [-0.4, -0.2) is 24.9 Å². The number of rotatable bonds is 2. The molecule has 2 heterocycles. The van der Waals surface area contributed by atoms with Crippen LogP contribution in [0.5, 0.6) is 0 Å². The van der Waals surface area contributed by atoms with Gasteiger partial charge in [0, 0.05) is 12.0 Å². The first-order chi connectivity index (χ1) is 11.1. The van der Waals surface area contributed by atoms with Crippen LogP contribution in [0.1, 0.15) is 21.5 Å². The Morgan fingerprint density at radius 1 is 1.09 bits per heavy atom. The maximum Gasteiger partial charge on any atom is 0.303 e. The lowest BCUT2D eigenvalue weighted by molar-refractivity contribution is -0.914. The van der Waals surface area contributed by atoms with Crippen molar-refractivity contribution in [2.45, 2.75) is 13.0 Å². The van der Waals surface area contributed by atoms with Crippen LogP contribution in [0.2, 0.25) is 0 Å². The number of benzene rings is 2. The summed E-state index contributed by atoms with van der Waals surface area (Å²) in [7, 11) is 0. The molecule has 0 radical (unpaired) electrons. The van der Waals surface area contributed by atoms with Gasteiger partial charge < -0.3 is 4.90 Å². The summed E-state index contributed by atoms with van der Waals surface area (Å²) in [6.45, 7) is 2.16. The second-order valence-corrected chi connectivity index (χ2v) is 6.08. The third kappa shape index (κ3) is 2.33. The molecule has 0 aromatic heterocycles. The lowest BCUT2D eigenvalue weighted by Crippen LogP contribution is -3.13. The molecule has 0 aliphatic carbocycles. The van der Waals surface area contributed by atoms with Crippen LogP contribution in [0, 0.1) is 5.82 Å². The zero-order valence-corrected chi connectivity index (χ0v) is 12.5. The topological polar surface area (TPSA) is 41.8 Å². The molecule has 1 atom stereocenters. The van der Waals surface area contributed by atoms with E-state index < -0.39 is 17.5 Å². The Morgan fingerprint density at radius 2 is 1.87 bits per heavy atom. The monoisotopic (exact) mass is 311 g/mol. The fraction of sp³-hybridized carbons (Fsp3) is 0.222. The van der Waals surface area contributed by atoms with Crippen LogP contribution in [-0.2, 0) is 17.8 Å². The van der Waals surface area contributed by atoms with E-state index in [9.17, 15) is 14.0 Å². The van der Waals surface area contributed by atoms with E-state index in [-0.39, 0.29) is 5.56 Å². The molecule has 0 fully saturated rings. The lowest BCUT2D eigenvalue weighted by Gasteiger charge is -2.29. The van der Waals surface area contributed by atoms with E-state index in [0.29, 0.717) is 12.4 Å². The van der Waals surface area contributed by atoms with Crippen molar-refractivity contribution in [1.29, 1.82) is 0 Å². The molecule has 2 aliphatic rings. The minimum Gasteiger partial charge on any atom is -0.313 e. The third-order valence-corrected chi connectivity index (χ3v) is 4.62. The first-order valence-electron chi connectivity index (χ1n) is 7.69. The van der Waals surface area contributed by atoms with E-state index in [4.69, 9.17) is 0 Å². The molecule has 4 nitrogen and oxygen atoms in total. The van der Waals surface area contributed by atoms with Gasteiger partial charge in [0.2, 0.25) is 0 Å². The maximum atomic E-state index is 13.3. The first-order valence-corrected chi connectivity index (χ1v) is 7.69. The number of nitrogens with zero attached hydrogens (tertiary/aromatic N) is 1. The number of amides is 1. The summed E-state index contributed by atoms with van der Waals surface area (Å²) < 4.78 is 13.3. The number of hydrogen-bond donors (Lipinski definition) is 1. The molecule has 23 heavy (non-hydrogen) atoms. The summed E-state index contributed by atoms with van der Waals surface area (Å²) in [4.78, 5) is 27.0. The molecule has 1 unspecified atom stereocenters. The molecule has 1 N–H and O–H groups in total. The number of fused-ring (bicyclic) bond motifs is 2. The van der Waals surface area contributed by atoms with Gasteiger partial charge in [-0.3, -0.25) is 14.5 Å². The number of hydrogen-bond acceptors (Lipinski definition) is 2. The summed E-state index contributed by atoms with van der Waals surface area (Å²) in [5, 5.41) is 0. The second kappa shape index (κ2) is 5.28. The number of ketones is 1. The van der Waals surface area contributed by atoms with Gasteiger partial charge in [-0.2, -0.15) is 0 Å². The second-order valence-electron chi connectivity index (χ2n) is 6.08. The number of quaternary nitrogens is 1. The highest BCUT2D eigenvalue weighted by Gasteiger charge is 2.38. The molecular weight excluding hydrogens is 295 g/mol. The van der Waals surface area contributed by atoms with Crippen molar-refractivity contribution >= 4 is 17.4 Å². The van der Waals surface area contributed by atoms with E-state index in [2.05, 4.69) is 12.1 Å². The molecule has 2 aliphatic heterocycles. The molecule has 0 bridgehead atoms. The number of nitrogens with one attached hydrogen (secondary N) is 1. The zero-order valence-electron chi connectivity index (χ0n) is 12.5. The van der Waals surface area contributed by atoms with Crippen molar-refractivity contribution in [2.75, 3.05) is 18.1 Å². The van der Waals surface area contributed by atoms with E-state index in [1.807, 2.05) is 12.1 Å². The van der Waals surface area contributed by atoms with Crippen LogP contribution in [0.25, 0.3) is 0 Å². The smallest absolute Gasteiger partial charge is 0.303 e. The standard InChI is InChI=1S/C18H15FN2O2/c19-14-5-6-16-15(9-14)17(22)18(23)21(16)11-20-8-7-12-3-1-2-4-13(12)10-20/h1-6,9H,7-8,10-11H2/p+1. The molecule has 5 heteroatoms. The number of Topliss-reactive ketones (excluding diaryl/α,β-unsaturated/α-hetero) is 1. The van der Waals surface area contributed by atoms with Gasteiger partial charge in [-0.25, -0.2) is 4.39 Å².